The number of para-hydroxylation sites is 1. The fourth-order valence-corrected chi connectivity index (χ4v) is 2.13. The number of hydrogen-bond donors (Lipinski definition) is 1. The van der Waals surface area contributed by atoms with Gasteiger partial charge in [0.1, 0.15) is 6.54 Å². The lowest BCUT2D eigenvalue weighted by Crippen LogP contribution is -2.35. The van der Waals surface area contributed by atoms with Crippen LogP contribution in [0.3, 0.4) is 0 Å². The fourth-order valence-electron chi connectivity index (χ4n) is 1.97. The molecule has 0 saturated carbocycles. The van der Waals surface area contributed by atoms with Crippen molar-refractivity contribution in [2.45, 2.75) is 0 Å². The number of aromatic nitrogens is 1. The van der Waals surface area contributed by atoms with Crippen molar-refractivity contribution in [2.75, 3.05) is 16.8 Å². The fraction of sp³-hybridized carbons (Fsp3) is 0.0769. The number of nitrogens with zero attached hydrogens (tertiary/aromatic N) is 2. The molecule has 1 aromatic heterocycles. The van der Waals surface area contributed by atoms with Crippen molar-refractivity contribution in [1.29, 1.82) is 0 Å². The largest absolute Gasteiger partial charge is 0.321 e. The molecule has 0 bridgehead atoms. The third-order valence-corrected chi connectivity index (χ3v) is 2.94. The summed E-state index contributed by atoms with van der Waals surface area (Å²) < 4.78 is 0. The Morgan fingerprint density at radius 2 is 2.06 bits per heavy atom. The van der Waals surface area contributed by atoms with Gasteiger partial charge in [0.05, 0.1) is 10.7 Å². The second-order valence-electron chi connectivity index (χ2n) is 3.99. The zero-order chi connectivity index (χ0) is 12.5. The quantitative estimate of drug-likeness (QED) is 0.857. The van der Waals surface area contributed by atoms with E-state index in [0.29, 0.717) is 16.5 Å². The summed E-state index contributed by atoms with van der Waals surface area (Å²) in [6.45, 7) is 0.256. The van der Waals surface area contributed by atoms with Gasteiger partial charge in [-0.3, -0.25) is 4.79 Å². The van der Waals surface area contributed by atoms with E-state index in [2.05, 4.69) is 10.3 Å². The number of carbonyl (C=O) groups is 1. The Balaban J connectivity index is 2.10. The molecule has 5 heteroatoms. The van der Waals surface area contributed by atoms with Crippen LogP contribution in [0.25, 0.3) is 0 Å². The second-order valence-corrected chi connectivity index (χ2v) is 4.43. The van der Waals surface area contributed by atoms with Gasteiger partial charge in [-0.15, -0.1) is 0 Å². The first-order valence-corrected chi connectivity index (χ1v) is 5.90. The van der Waals surface area contributed by atoms with E-state index in [-0.39, 0.29) is 12.5 Å². The summed E-state index contributed by atoms with van der Waals surface area (Å²) in [7, 11) is 0. The minimum absolute atomic E-state index is 0.0737. The van der Waals surface area contributed by atoms with Crippen LogP contribution >= 0.6 is 11.6 Å². The first-order valence-electron chi connectivity index (χ1n) is 5.52. The van der Waals surface area contributed by atoms with Gasteiger partial charge in [0.15, 0.2) is 5.82 Å². The predicted molar refractivity (Wildman–Crippen MR) is 71.3 cm³/mol. The van der Waals surface area contributed by atoms with E-state index < -0.39 is 0 Å². The molecule has 2 aromatic rings. The molecular formula is C13H10ClN3O. The molecule has 18 heavy (non-hydrogen) atoms. The van der Waals surface area contributed by atoms with Gasteiger partial charge in [-0.05, 0) is 18.2 Å². The normalized spacial score (nSPS) is 14.1. The van der Waals surface area contributed by atoms with Crippen LogP contribution in [0, 0.1) is 0 Å². The van der Waals surface area contributed by atoms with E-state index in [1.165, 1.54) is 0 Å². The van der Waals surface area contributed by atoms with Crippen molar-refractivity contribution in [3.05, 3.63) is 47.6 Å². The number of carbonyl (C=O) groups excluding carboxylic acids is 1. The summed E-state index contributed by atoms with van der Waals surface area (Å²) in [5, 5.41) is 3.28. The van der Waals surface area contributed by atoms with Crippen LogP contribution in [0.2, 0.25) is 5.02 Å². The van der Waals surface area contributed by atoms with Crippen molar-refractivity contribution in [2.24, 2.45) is 0 Å². The Hall–Kier alpha value is -2.07. The van der Waals surface area contributed by atoms with Gasteiger partial charge in [0.2, 0.25) is 5.91 Å². The SMILES string of the molecule is O=C1CN(c2ccccc2)c2ncc(Cl)cc2N1. The van der Waals surface area contributed by atoms with Gasteiger partial charge >= 0.3 is 0 Å². The Bertz CT molecular complexity index is 600. The molecule has 0 unspecified atom stereocenters. The maximum Gasteiger partial charge on any atom is 0.244 e. The van der Waals surface area contributed by atoms with E-state index in [1.54, 1.807) is 12.3 Å². The number of hydrogen-bond acceptors (Lipinski definition) is 3. The Kier molecular flexibility index (Phi) is 2.64. The van der Waals surface area contributed by atoms with Crippen LogP contribution in [0.4, 0.5) is 17.2 Å². The van der Waals surface area contributed by atoms with Crippen LogP contribution in [0.5, 0.6) is 0 Å². The molecule has 1 amide bonds. The molecule has 3 rings (SSSR count). The molecule has 1 aliphatic rings. The van der Waals surface area contributed by atoms with Crippen LogP contribution < -0.4 is 10.2 Å². The highest BCUT2D eigenvalue weighted by atomic mass is 35.5. The number of anilines is 3. The van der Waals surface area contributed by atoms with Gasteiger partial charge in [-0.2, -0.15) is 0 Å². The highest BCUT2D eigenvalue weighted by molar-refractivity contribution is 6.31. The number of pyridine rings is 1. The van der Waals surface area contributed by atoms with E-state index in [0.717, 1.165) is 5.69 Å². The maximum atomic E-state index is 11.7. The lowest BCUT2D eigenvalue weighted by atomic mass is 10.2. The molecule has 4 nitrogen and oxygen atoms in total. The average Bonchev–Trinajstić information content (AvgIpc) is 2.38. The molecule has 1 aliphatic heterocycles. The van der Waals surface area contributed by atoms with Gasteiger partial charge in [0.25, 0.3) is 0 Å². The van der Waals surface area contributed by atoms with E-state index in [4.69, 9.17) is 11.6 Å². The summed E-state index contributed by atoms with van der Waals surface area (Å²) >= 11 is 5.89. The lowest BCUT2D eigenvalue weighted by molar-refractivity contribution is -0.115. The number of fused-ring (bicyclic) bond motifs is 1. The minimum atomic E-state index is -0.0737. The standard InChI is InChI=1S/C13H10ClN3O/c14-9-6-11-13(15-7-9)17(8-12(18)16-11)10-4-2-1-3-5-10/h1-7H,8H2,(H,16,18). The van der Waals surface area contributed by atoms with Crippen LogP contribution in [-0.4, -0.2) is 17.4 Å². The van der Waals surface area contributed by atoms with Crippen molar-refractivity contribution in [3.63, 3.8) is 0 Å². The van der Waals surface area contributed by atoms with Gasteiger partial charge in [-0.1, -0.05) is 29.8 Å². The smallest absolute Gasteiger partial charge is 0.244 e. The molecule has 1 N–H and O–H groups in total. The van der Waals surface area contributed by atoms with Crippen molar-refractivity contribution < 1.29 is 4.79 Å². The molecule has 0 saturated heterocycles. The number of amides is 1. The molecule has 0 atom stereocenters. The van der Waals surface area contributed by atoms with Gasteiger partial charge in [-0.25, -0.2) is 4.98 Å². The van der Waals surface area contributed by atoms with E-state index in [1.807, 2.05) is 35.2 Å². The maximum absolute atomic E-state index is 11.7. The third-order valence-electron chi connectivity index (χ3n) is 2.73. The Morgan fingerprint density at radius 3 is 2.83 bits per heavy atom. The molecular weight excluding hydrogens is 250 g/mol. The zero-order valence-corrected chi connectivity index (χ0v) is 10.2. The first-order chi connectivity index (χ1) is 8.74. The highest BCUT2D eigenvalue weighted by Crippen LogP contribution is 2.34. The van der Waals surface area contributed by atoms with Crippen molar-refractivity contribution >= 4 is 34.7 Å². The molecule has 0 spiro atoms. The zero-order valence-electron chi connectivity index (χ0n) is 9.43. The number of benzene rings is 1. The molecule has 1 aromatic carbocycles. The van der Waals surface area contributed by atoms with Gasteiger partial charge < -0.3 is 10.2 Å². The van der Waals surface area contributed by atoms with E-state index >= 15 is 0 Å². The third kappa shape index (κ3) is 1.91. The summed E-state index contributed by atoms with van der Waals surface area (Å²) in [5.74, 6) is 0.639. The Labute approximate surface area is 109 Å². The van der Waals surface area contributed by atoms with E-state index in [9.17, 15) is 4.79 Å². The topological polar surface area (TPSA) is 45.2 Å². The minimum Gasteiger partial charge on any atom is -0.321 e. The van der Waals surface area contributed by atoms with Crippen LogP contribution in [0.15, 0.2) is 42.6 Å². The second kappa shape index (κ2) is 4.31. The Morgan fingerprint density at radius 1 is 1.28 bits per heavy atom. The molecule has 0 aliphatic carbocycles. The first kappa shape index (κ1) is 11.0. The van der Waals surface area contributed by atoms with Crippen LogP contribution in [0.1, 0.15) is 0 Å². The summed E-state index contributed by atoms with van der Waals surface area (Å²) in [6, 6.07) is 11.4. The number of halogens is 1. The highest BCUT2D eigenvalue weighted by Gasteiger charge is 2.24. The van der Waals surface area contributed by atoms with Crippen molar-refractivity contribution in [3.8, 4) is 0 Å². The van der Waals surface area contributed by atoms with Crippen LogP contribution in [-0.2, 0) is 4.79 Å². The molecule has 90 valence electrons. The average molecular weight is 260 g/mol. The lowest BCUT2D eigenvalue weighted by Gasteiger charge is -2.29. The monoisotopic (exact) mass is 259 g/mol. The molecule has 2 heterocycles. The summed E-state index contributed by atoms with van der Waals surface area (Å²) in [5.41, 5.74) is 1.58. The summed E-state index contributed by atoms with van der Waals surface area (Å²) in [4.78, 5) is 17.9. The number of nitrogens with one attached hydrogen (secondary N) is 1. The molecule has 0 fully saturated rings. The van der Waals surface area contributed by atoms with Crippen molar-refractivity contribution in [1.82, 2.24) is 4.98 Å². The predicted octanol–water partition coefficient (Wildman–Crippen LogP) is 2.83. The summed E-state index contributed by atoms with van der Waals surface area (Å²) in [6.07, 6.45) is 1.58. The van der Waals surface area contributed by atoms with Gasteiger partial charge in [0, 0.05) is 11.9 Å². The molecule has 0 radical (unpaired) electrons. The number of rotatable bonds is 1.